The molecule has 0 spiro atoms. The smallest absolute Gasteiger partial charge is 0.307 e. The molecule has 0 bridgehead atoms. The number of ketones is 1. The maximum absolute atomic E-state index is 12.8. The molecule has 2 rings (SSSR count). The Morgan fingerprint density at radius 2 is 1.88 bits per heavy atom. The maximum atomic E-state index is 12.8. The molecule has 8 nitrogen and oxygen atoms in total. The van der Waals surface area contributed by atoms with Gasteiger partial charge in [-0.25, -0.2) is 17.5 Å². The van der Waals surface area contributed by atoms with E-state index < -0.39 is 34.2 Å². The zero-order chi connectivity index (χ0) is 19.3. The molecular weight excluding hydrogens is 367 g/mol. The Labute approximate surface area is 149 Å². The summed E-state index contributed by atoms with van der Waals surface area (Å²) in [6.07, 6.45) is -0.265. The van der Waals surface area contributed by atoms with Crippen molar-refractivity contribution >= 4 is 21.8 Å². The lowest BCUT2D eigenvalue weighted by molar-refractivity contribution is -0.142. The summed E-state index contributed by atoms with van der Waals surface area (Å²) in [4.78, 5) is 23.4. The number of nitrogens with one attached hydrogen (secondary N) is 1. The molecule has 10 heteroatoms. The second-order valence-corrected chi connectivity index (χ2v) is 7.10. The van der Waals surface area contributed by atoms with Gasteiger partial charge in [0.25, 0.3) is 0 Å². The van der Waals surface area contributed by atoms with E-state index >= 15 is 0 Å². The maximum Gasteiger partial charge on any atom is 0.307 e. The van der Waals surface area contributed by atoms with Crippen molar-refractivity contribution in [1.82, 2.24) is 9.88 Å². The Morgan fingerprint density at radius 1 is 1.23 bits per heavy atom. The molecule has 0 unspecified atom stereocenters. The highest BCUT2D eigenvalue weighted by molar-refractivity contribution is 7.89. The number of aryl methyl sites for hydroxylation is 2. The van der Waals surface area contributed by atoms with Crippen molar-refractivity contribution in [2.75, 3.05) is 13.2 Å². The number of carbonyl (C=O) groups excluding carboxylic acids is 2. The third kappa shape index (κ3) is 4.96. The fourth-order valence-electron chi connectivity index (χ4n) is 2.16. The monoisotopic (exact) mass is 384 g/mol. The first-order chi connectivity index (χ1) is 12.2. The molecule has 0 atom stereocenters. The van der Waals surface area contributed by atoms with Gasteiger partial charge < -0.3 is 9.26 Å². The predicted molar refractivity (Wildman–Crippen MR) is 87.5 cm³/mol. The zero-order valence-corrected chi connectivity index (χ0v) is 14.9. The fourth-order valence-corrected chi connectivity index (χ4v) is 3.51. The molecule has 140 valence electrons. The third-order valence-electron chi connectivity index (χ3n) is 3.39. The van der Waals surface area contributed by atoms with E-state index in [-0.39, 0.29) is 34.9 Å². The van der Waals surface area contributed by atoms with Crippen LogP contribution in [0.15, 0.2) is 33.7 Å². The third-order valence-corrected chi connectivity index (χ3v) is 5.09. The lowest BCUT2D eigenvalue weighted by Crippen LogP contribution is -2.28. The Bertz CT molecular complexity index is 886. The number of rotatable bonds is 8. The topological polar surface area (TPSA) is 116 Å². The van der Waals surface area contributed by atoms with Crippen LogP contribution in [0.25, 0.3) is 0 Å². The minimum atomic E-state index is -3.87. The van der Waals surface area contributed by atoms with Crippen molar-refractivity contribution in [2.45, 2.75) is 25.2 Å². The molecular formula is C16H17FN2O6S. The number of aromatic nitrogens is 1. The van der Waals surface area contributed by atoms with Gasteiger partial charge in [0.05, 0.1) is 6.42 Å². The van der Waals surface area contributed by atoms with Gasteiger partial charge in [0, 0.05) is 12.1 Å². The molecule has 0 saturated heterocycles. The number of Topliss-reactive ketones (excluding diaryl/α,β-unsaturated/α-hetero) is 1. The Morgan fingerprint density at radius 3 is 2.46 bits per heavy atom. The van der Waals surface area contributed by atoms with E-state index in [2.05, 4.69) is 9.88 Å². The molecule has 1 heterocycles. The highest BCUT2D eigenvalue weighted by Crippen LogP contribution is 2.18. The standard InChI is InChI=1S/C16H17FN2O6S/c1-10-16(11(2)25-19-10)26(22,23)18-8-7-15(21)24-9-14(20)12-3-5-13(17)6-4-12/h3-6,18H,7-9H2,1-2H3. The van der Waals surface area contributed by atoms with Crippen LogP contribution >= 0.6 is 0 Å². The minimum Gasteiger partial charge on any atom is -0.457 e. The van der Waals surface area contributed by atoms with Gasteiger partial charge in [0.2, 0.25) is 10.0 Å². The van der Waals surface area contributed by atoms with Crippen LogP contribution in [0.5, 0.6) is 0 Å². The van der Waals surface area contributed by atoms with Crippen LogP contribution < -0.4 is 4.72 Å². The second-order valence-electron chi connectivity index (χ2n) is 5.39. The summed E-state index contributed by atoms with van der Waals surface area (Å²) in [5.74, 6) is -1.58. The number of benzene rings is 1. The number of halogens is 1. The van der Waals surface area contributed by atoms with E-state index in [1.165, 1.54) is 26.0 Å². The zero-order valence-electron chi connectivity index (χ0n) is 14.1. The number of ether oxygens (including phenoxy) is 1. The molecule has 1 aromatic carbocycles. The van der Waals surface area contributed by atoms with Crippen molar-refractivity contribution in [3.05, 3.63) is 47.1 Å². The van der Waals surface area contributed by atoms with Crippen LogP contribution in [0.4, 0.5) is 4.39 Å². The lowest BCUT2D eigenvalue weighted by atomic mass is 10.1. The van der Waals surface area contributed by atoms with Gasteiger partial charge in [0.1, 0.15) is 16.4 Å². The van der Waals surface area contributed by atoms with Gasteiger partial charge in [0.15, 0.2) is 18.2 Å². The molecule has 2 aromatic rings. The van der Waals surface area contributed by atoms with Crippen molar-refractivity contribution < 1.29 is 31.7 Å². The minimum absolute atomic E-state index is 0.0719. The summed E-state index contributed by atoms with van der Waals surface area (Å²) in [5.41, 5.74) is 0.417. The molecule has 0 radical (unpaired) electrons. The molecule has 0 aliphatic carbocycles. The number of hydrogen-bond acceptors (Lipinski definition) is 7. The van der Waals surface area contributed by atoms with Crippen LogP contribution in [-0.2, 0) is 19.6 Å². The average molecular weight is 384 g/mol. The van der Waals surface area contributed by atoms with Gasteiger partial charge in [-0.15, -0.1) is 0 Å². The normalized spacial score (nSPS) is 11.3. The summed E-state index contributed by atoms with van der Waals surface area (Å²) in [7, 11) is -3.87. The van der Waals surface area contributed by atoms with Crippen molar-refractivity contribution in [3.8, 4) is 0 Å². The van der Waals surface area contributed by atoms with Crippen LogP contribution in [0.1, 0.15) is 28.2 Å². The first kappa shape index (κ1) is 19.7. The number of nitrogens with zero attached hydrogens (tertiary/aromatic N) is 1. The van der Waals surface area contributed by atoms with E-state index in [9.17, 15) is 22.4 Å². The van der Waals surface area contributed by atoms with E-state index in [1.54, 1.807) is 0 Å². The summed E-state index contributed by atoms with van der Waals surface area (Å²) < 4.78 is 48.9. The summed E-state index contributed by atoms with van der Waals surface area (Å²) in [5, 5.41) is 3.56. The van der Waals surface area contributed by atoms with Crippen molar-refractivity contribution in [1.29, 1.82) is 0 Å². The first-order valence-electron chi connectivity index (χ1n) is 7.57. The largest absolute Gasteiger partial charge is 0.457 e. The fraction of sp³-hybridized carbons (Fsp3) is 0.312. The first-order valence-corrected chi connectivity index (χ1v) is 9.06. The molecule has 0 saturated carbocycles. The quantitative estimate of drug-likeness (QED) is 0.542. The molecule has 0 aliphatic rings. The number of esters is 1. The molecule has 1 N–H and O–H groups in total. The molecule has 26 heavy (non-hydrogen) atoms. The molecule has 0 aliphatic heterocycles. The molecule has 0 amide bonds. The number of sulfonamides is 1. The van der Waals surface area contributed by atoms with Crippen LogP contribution in [0, 0.1) is 19.7 Å². The second kappa shape index (κ2) is 8.19. The van der Waals surface area contributed by atoms with E-state index in [0.29, 0.717) is 0 Å². The van der Waals surface area contributed by atoms with Crippen molar-refractivity contribution in [2.24, 2.45) is 0 Å². The highest BCUT2D eigenvalue weighted by Gasteiger charge is 2.24. The Kier molecular flexibility index (Phi) is 6.22. The SMILES string of the molecule is Cc1noc(C)c1S(=O)(=O)NCCC(=O)OCC(=O)c1ccc(F)cc1. The van der Waals surface area contributed by atoms with Gasteiger partial charge >= 0.3 is 5.97 Å². The summed E-state index contributed by atoms with van der Waals surface area (Å²) in [6.45, 7) is 2.22. The lowest BCUT2D eigenvalue weighted by Gasteiger charge is -2.07. The summed E-state index contributed by atoms with van der Waals surface area (Å²) >= 11 is 0. The number of hydrogen-bond donors (Lipinski definition) is 1. The predicted octanol–water partition coefficient (Wildman–Crippen LogP) is 1.53. The van der Waals surface area contributed by atoms with E-state index in [0.717, 1.165) is 12.1 Å². The van der Waals surface area contributed by atoms with Gasteiger partial charge in [-0.05, 0) is 38.1 Å². The van der Waals surface area contributed by atoms with E-state index in [1.807, 2.05) is 0 Å². The van der Waals surface area contributed by atoms with Gasteiger partial charge in [-0.2, -0.15) is 0 Å². The van der Waals surface area contributed by atoms with Crippen LogP contribution in [0.3, 0.4) is 0 Å². The van der Waals surface area contributed by atoms with Crippen LogP contribution in [0.2, 0.25) is 0 Å². The van der Waals surface area contributed by atoms with E-state index in [4.69, 9.17) is 9.26 Å². The Balaban J connectivity index is 1.80. The average Bonchev–Trinajstić information content (AvgIpc) is 2.92. The molecule has 0 fully saturated rings. The van der Waals surface area contributed by atoms with Gasteiger partial charge in [-0.1, -0.05) is 5.16 Å². The summed E-state index contributed by atoms with van der Waals surface area (Å²) in [6, 6.07) is 4.81. The Hall–Kier alpha value is -2.59. The van der Waals surface area contributed by atoms with Crippen molar-refractivity contribution in [3.63, 3.8) is 0 Å². The number of carbonyl (C=O) groups is 2. The highest BCUT2D eigenvalue weighted by atomic mass is 32.2. The van der Waals surface area contributed by atoms with Gasteiger partial charge in [-0.3, -0.25) is 9.59 Å². The molecule has 1 aromatic heterocycles. The van der Waals surface area contributed by atoms with Crippen LogP contribution in [-0.4, -0.2) is 38.5 Å².